The van der Waals surface area contributed by atoms with Gasteiger partial charge < -0.3 is 34.3 Å². The van der Waals surface area contributed by atoms with Crippen LogP contribution in [-0.4, -0.2) is 35.0 Å². The van der Waals surface area contributed by atoms with Crippen molar-refractivity contribution in [2.45, 2.75) is 54.6 Å². The molecule has 0 fully saturated rings. The molecule has 0 aliphatic carbocycles. The van der Waals surface area contributed by atoms with Crippen LogP contribution in [0.3, 0.4) is 0 Å². The van der Waals surface area contributed by atoms with Crippen molar-refractivity contribution in [1.29, 1.82) is 0 Å². The number of hydrogen-bond acceptors (Lipinski definition) is 7. The number of benzene rings is 6. The minimum atomic E-state index is -2.35. The Morgan fingerprint density at radius 2 is 1.11 bits per heavy atom. The zero-order chi connectivity index (χ0) is 56.1. The third-order valence-corrected chi connectivity index (χ3v) is 16.5. The fourth-order valence-electron chi connectivity index (χ4n) is 8.71. The topological polar surface area (TPSA) is 73.3 Å². The van der Waals surface area contributed by atoms with Crippen LogP contribution >= 0.6 is 0 Å². The first-order chi connectivity index (χ1) is 37.8. The molecule has 380 valence electrons. The number of anilines is 2. The molecule has 0 saturated carbocycles. The molecule has 0 unspecified atom stereocenters. The first-order valence-corrected chi connectivity index (χ1v) is 26.9. The zero-order valence-corrected chi connectivity index (χ0v) is 48.3. The summed E-state index contributed by atoms with van der Waals surface area (Å²) >= 11 is 0. The summed E-state index contributed by atoms with van der Waals surface area (Å²) in [6.45, 7) is 10.6. The Hall–Kier alpha value is -7.16. The number of rotatable bonds is 4. The van der Waals surface area contributed by atoms with E-state index in [0.717, 1.165) is 56.4 Å². The van der Waals surface area contributed by atoms with Crippen molar-refractivity contribution in [1.82, 2.24) is 19.9 Å². The quantitative estimate of drug-likeness (QED) is 0.128. The van der Waals surface area contributed by atoms with Crippen LogP contribution in [0.5, 0.6) is 23.0 Å². The molecular weight excluding hydrogens is 1300 g/mol. The molecule has 75 heavy (non-hydrogen) atoms. The summed E-state index contributed by atoms with van der Waals surface area (Å²) in [6, 6.07) is 62.3. The van der Waals surface area contributed by atoms with E-state index in [1.165, 1.54) is 38.0 Å². The van der Waals surface area contributed by atoms with E-state index >= 15 is 0 Å². The van der Waals surface area contributed by atoms with Gasteiger partial charge in [0.05, 0.1) is 19.5 Å². The molecule has 2 radical (unpaired) electrons. The molecule has 4 aromatic heterocycles. The molecular formula is C65H57Ir2N5O2Si-4. The van der Waals surface area contributed by atoms with E-state index in [2.05, 4.69) is 102 Å². The minimum Gasteiger partial charge on any atom is -0.497 e. The monoisotopic (exact) mass is 1360 g/mol. The Labute approximate surface area is 479 Å². The normalized spacial score (nSPS) is 13.4. The molecule has 2 aliphatic rings. The van der Waals surface area contributed by atoms with Crippen LogP contribution in [-0.2, 0) is 40.2 Å². The summed E-state index contributed by atoms with van der Waals surface area (Å²) in [6.07, 6.45) is 7.03. The van der Waals surface area contributed by atoms with Gasteiger partial charge in [0, 0.05) is 91.6 Å². The van der Waals surface area contributed by atoms with Crippen LogP contribution in [0.4, 0.5) is 11.4 Å². The minimum absolute atomic E-state index is 0. The summed E-state index contributed by atoms with van der Waals surface area (Å²) in [4.78, 5) is 18.7. The summed E-state index contributed by atoms with van der Waals surface area (Å²) in [5.74, 6) is 2.97. The second-order valence-corrected chi connectivity index (χ2v) is 22.4. The Kier molecular flexibility index (Phi) is 15.8. The third kappa shape index (κ3) is 12.3. The molecule has 0 spiro atoms. The molecule has 10 heteroatoms. The van der Waals surface area contributed by atoms with Gasteiger partial charge in [-0.1, -0.05) is 124 Å². The van der Waals surface area contributed by atoms with Gasteiger partial charge in [-0.25, -0.2) is 0 Å². The maximum absolute atomic E-state index is 8.07. The van der Waals surface area contributed by atoms with Crippen LogP contribution in [0, 0.1) is 65.7 Å². The second kappa shape index (κ2) is 24.9. The second-order valence-electron chi connectivity index (χ2n) is 18.1. The molecule has 6 aromatic carbocycles. The van der Waals surface area contributed by atoms with E-state index < -0.39 is 21.9 Å². The Morgan fingerprint density at radius 3 is 1.71 bits per heavy atom. The maximum atomic E-state index is 8.07. The largest absolute Gasteiger partial charge is 0.497 e. The van der Waals surface area contributed by atoms with Crippen molar-refractivity contribution in [3.63, 3.8) is 0 Å². The molecule has 12 rings (SSSR count). The van der Waals surface area contributed by atoms with E-state index in [0.29, 0.717) is 39.7 Å². The third-order valence-electron chi connectivity index (χ3n) is 13.0. The average Bonchev–Trinajstić information content (AvgIpc) is 3.52. The Morgan fingerprint density at radius 1 is 0.520 bits per heavy atom. The van der Waals surface area contributed by atoms with Gasteiger partial charge in [-0.05, 0) is 89.3 Å². The molecule has 7 nitrogen and oxygen atoms in total. The number of ether oxygens (including phenoxy) is 2. The smallest absolute Gasteiger partial charge is 0.141 e. The number of para-hydroxylation sites is 1. The summed E-state index contributed by atoms with van der Waals surface area (Å²) in [5, 5.41) is 2.62. The van der Waals surface area contributed by atoms with E-state index in [1.54, 1.807) is 42.7 Å². The van der Waals surface area contributed by atoms with Gasteiger partial charge >= 0.3 is 0 Å². The summed E-state index contributed by atoms with van der Waals surface area (Å²) in [5.41, 5.74) is 14.1. The van der Waals surface area contributed by atoms with Crippen molar-refractivity contribution in [2.24, 2.45) is 0 Å². The van der Waals surface area contributed by atoms with Gasteiger partial charge in [0.25, 0.3) is 0 Å². The van der Waals surface area contributed by atoms with Gasteiger partial charge in [-0.15, -0.1) is 112 Å². The zero-order valence-electron chi connectivity index (χ0n) is 48.5. The van der Waals surface area contributed by atoms with Crippen molar-refractivity contribution < 1.29 is 57.9 Å². The number of aryl methyl sites for hydroxylation is 4. The molecule has 0 atom stereocenters. The summed E-state index contributed by atoms with van der Waals surface area (Å²) < 4.78 is 58.3. The van der Waals surface area contributed by atoms with Gasteiger partial charge in [0.15, 0.2) is 0 Å². The van der Waals surface area contributed by atoms with Crippen LogP contribution in [0.1, 0.15) is 41.6 Å². The van der Waals surface area contributed by atoms with Gasteiger partial charge in [0.1, 0.15) is 11.5 Å². The first kappa shape index (κ1) is 47.5. The van der Waals surface area contributed by atoms with Crippen LogP contribution in [0.2, 0.25) is 13.1 Å². The SMILES string of the molecule is C[Si]1(C)c2ccccc2Oc2cc[c-]c(-c3ccccn3)c21.Cc1[c-]c(-c2ccccn2)cc(C)c1C.[2H]C([2H])([2H])N1c2cc[c-]c(-c3ccccn3)c2Oc2c1ccc(C)c2C.[2H]C([2H])([2H])c1c[c-]c(-c2ccccn2)cc1.[Ir].[Ir]. The van der Waals surface area contributed by atoms with Crippen molar-refractivity contribution >= 4 is 29.8 Å². The van der Waals surface area contributed by atoms with Gasteiger partial charge in [-0.3, -0.25) is 0 Å². The van der Waals surface area contributed by atoms with Crippen molar-refractivity contribution in [3.8, 4) is 68.0 Å². The van der Waals surface area contributed by atoms with E-state index in [9.17, 15) is 0 Å². The molecule has 0 saturated heterocycles. The fraction of sp³-hybridized carbons (Fsp3) is 0.138. The predicted molar refractivity (Wildman–Crippen MR) is 300 cm³/mol. The van der Waals surface area contributed by atoms with E-state index in [4.69, 9.17) is 17.7 Å². The molecule has 10 aromatic rings. The molecule has 0 amide bonds. The number of hydrogen-bond donors (Lipinski definition) is 0. The maximum Gasteiger partial charge on any atom is 0.141 e. The molecule has 6 heterocycles. The number of fused-ring (bicyclic) bond motifs is 4. The predicted octanol–water partition coefficient (Wildman–Crippen LogP) is 14.8. The number of aromatic nitrogens is 4. The average molecular weight is 1360 g/mol. The first-order valence-electron chi connectivity index (χ1n) is 26.9. The summed E-state index contributed by atoms with van der Waals surface area (Å²) in [7, 11) is -1.86. The Bertz CT molecular complexity index is 3720. The Balaban J connectivity index is 0.000000158. The fourth-order valence-corrected chi connectivity index (χ4v) is 11.8. The van der Waals surface area contributed by atoms with E-state index in [-0.39, 0.29) is 40.2 Å². The molecule has 0 N–H and O–H groups in total. The van der Waals surface area contributed by atoms with Gasteiger partial charge in [0.2, 0.25) is 0 Å². The number of nitrogens with zero attached hydrogens (tertiary/aromatic N) is 5. The van der Waals surface area contributed by atoms with Crippen molar-refractivity contribution in [3.05, 3.63) is 240 Å². The van der Waals surface area contributed by atoms with E-state index in [1.807, 2.05) is 123 Å². The standard InChI is InChI=1S/C20H17N2O.C19H16NOSi.C14H14N.C12H10N.2Ir/c1-13-10-11-18-19(14(13)2)23-20-15(16-8-4-5-12-21-16)7-6-9-17(20)22(18)3;1-22(2)18-12-4-3-10-16(18)21-17-11-7-8-14(19(17)22)15-9-5-6-13-20-15;1-10-8-13(9-11(2)12(10)3)14-6-4-5-7-15-14;1-10-5-7-11(8-6-10)12-4-2-3-9-13-12;;/h4-6,8-12H,1-3H3;3-7,9-13H,1-2H3;4-8H,1-3H3;2-7,9H,1H3;;/q4*-1;;/i3D3;;;1D3;;. The molecule has 0 bridgehead atoms. The number of pyridine rings is 4. The van der Waals surface area contributed by atoms with Crippen LogP contribution < -0.4 is 24.7 Å². The van der Waals surface area contributed by atoms with Crippen LogP contribution in [0.25, 0.3) is 45.0 Å². The van der Waals surface area contributed by atoms with Crippen LogP contribution in [0.15, 0.2) is 183 Å². The molecule has 2 aliphatic heterocycles. The van der Waals surface area contributed by atoms with Crippen molar-refractivity contribution in [2.75, 3.05) is 11.9 Å². The van der Waals surface area contributed by atoms with Gasteiger partial charge in [-0.2, -0.15) is 0 Å².